The first kappa shape index (κ1) is 23.1. The number of carbonyl (C=O) groups excluding carboxylic acids is 1. The third-order valence-corrected chi connectivity index (χ3v) is 5.19. The van der Waals surface area contributed by atoms with Gasteiger partial charge in [0.2, 0.25) is 0 Å². The number of rotatable bonds is 10. The molecule has 0 atom stereocenters. The molecule has 0 spiro atoms. The van der Waals surface area contributed by atoms with Gasteiger partial charge in [-0.15, -0.1) is 0 Å². The average Bonchev–Trinajstić information content (AvgIpc) is 3.10. The highest BCUT2D eigenvalue weighted by atomic mass is 35.5. The number of anilines is 1. The van der Waals surface area contributed by atoms with E-state index >= 15 is 0 Å². The fourth-order valence-corrected chi connectivity index (χ4v) is 3.61. The second-order valence-electron chi connectivity index (χ2n) is 7.52. The van der Waals surface area contributed by atoms with Crippen molar-refractivity contribution in [3.63, 3.8) is 0 Å². The van der Waals surface area contributed by atoms with E-state index < -0.39 is 0 Å². The van der Waals surface area contributed by atoms with Crippen LogP contribution in [0.5, 0.6) is 5.75 Å². The lowest BCUT2D eigenvalue weighted by Crippen LogP contribution is -2.31. The molecule has 0 aliphatic carbocycles. The van der Waals surface area contributed by atoms with E-state index in [4.69, 9.17) is 16.3 Å². The third kappa shape index (κ3) is 6.73. The van der Waals surface area contributed by atoms with Gasteiger partial charge < -0.3 is 15.4 Å². The van der Waals surface area contributed by atoms with Gasteiger partial charge in [0.1, 0.15) is 11.6 Å². The number of thioether (sulfide) groups is 1. The van der Waals surface area contributed by atoms with Crippen LogP contribution in [0.15, 0.2) is 35.6 Å². The van der Waals surface area contributed by atoms with Gasteiger partial charge in [0, 0.05) is 22.9 Å². The van der Waals surface area contributed by atoms with Crippen LogP contribution in [0.1, 0.15) is 27.7 Å². The largest absolute Gasteiger partial charge is 0.484 e. The van der Waals surface area contributed by atoms with E-state index in [9.17, 15) is 4.79 Å². The molecule has 2 aromatic heterocycles. The summed E-state index contributed by atoms with van der Waals surface area (Å²) in [5.41, 5.74) is 0.743. The lowest BCUT2D eigenvalue weighted by molar-refractivity contribution is -0.123. The SMILES string of the molecule is CC(C)Nc1nc(SC(C)C)nc2c1cnn2CCNC(=O)COc1ccc(Cl)cc1. The van der Waals surface area contributed by atoms with Crippen molar-refractivity contribution in [3.05, 3.63) is 35.5 Å². The Morgan fingerprint density at radius 2 is 1.94 bits per heavy atom. The first-order valence-corrected chi connectivity index (χ1v) is 11.4. The first-order chi connectivity index (χ1) is 14.8. The predicted molar refractivity (Wildman–Crippen MR) is 125 cm³/mol. The van der Waals surface area contributed by atoms with Gasteiger partial charge in [0.15, 0.2) is 17.4 Å². The van der Waals surface area contributed by atoms with E-state index in [1.807, 2.05) is 0 Å². The zero-order valence-electron chi connectivity index (χ0n) is 18.1. The molecule has 0 fully saturated rings. The summed E-state index contributed by atoms with van der Waals surface area (Å²) in [6.07, 6.45) is 1.76. The van der Waals surface area contributed by atoms with Crippen molar-refractivity contribution in [1.82, 2.24) is 25.1 Å². The van der Waals surface area contributed by atoms with Crippen LogP contribution in [0.3, 0.4) is 0 Å². The van der Waals surface area contributed by atoms with Crippen LogP contribution in [-0.2, 0) is 11.3 Å². The minimum Gasteiger partial charge on any atom is -0.484 e. The van der Waals surface area contributed by atoms with Crippen molar-refractivity contribution >= 4 is 46.1 Å². The van der Waals surface area contributed by atoms with E-state index in [-0.39, 0.29) is 18.6 Å². The standard InChI is InChI=1S/C21H27ClN6O2S/c1-13(2)25-19-17-11-24-28(20(17)27-21(26-19)31-14(3)4)10-9-23-18(29)12-30-16-7-5-15(22)6-8-16/h5-8,11,13-14H,9-10,12H2,1-4H3,(H,23,29)(H,25,26,27). The molecule has 0 aliphatic rings. The van der Waals surface area contributed by atoms with Gasteiger partial charge in [-0.3, -0.25) is 4.79 Å². The summed E-state index contributed by atoms with van der Waals surface area (Å²) in [6.45, 7) is 9.16. The third-order valence-electron chi connectivity index (χ3n) is 4.07. The summed E-state index contributed by atoms with van der Waals surface area (Å²) in [7, 11) is 0. The van der Waals surface area contributed by atoms with Crippen LogP contribution in [0.4, 0.5) is 5.82 Å². The zero-order valence-corrected chi connectivity index (χ0v) is 19.6. The normalized spacial score (nSPS) is 11.3. The number of benzene rings is 1. The van der Waals surface area contributed by atoms with E-state index in [1.165, 1.54) is 0 Å². The number of nitrogens with one attached hydrogen (secondary N) is 2. The summed E-state index contributed by atoms with van der Waals surface area (Å²) in [4.78, 5) is 21.4. The molecule has 0 saturated carbocycles. The van der Waals surface area contributed by atoms with Crippen LogP contribution in [0.25, 0.3) is 11.0 Å². The number of ether oxygens (including phenoxy) is 1. The number of carbonyl (C=O) groups is 1. The molecule has 10 heteroatoms. The van der Waals surface area contributed by atoms with Gasteiger partial charge in [-0.1, -0.05) is 37.2 Å². The molecule has 8 nitrogen and oxygen atoms in total. The fourth-order valence-electron chi connectivity index (χ4n) is 2.78. The Balaban J connectivity index is 1.62. The molecule has 0 bridgehead atoms. The molecule has 31 heavy (non-hydrogen) atoms. The Morgan fingerprint density at radius 3 is 2.61 bits per heavy atom. The Labute approximate surface area is 191 Å². The summed E-state index contributed by atoms with van der Waals surface area (Å²) in [5, 5.41) is 13.2. The molecule has 0 radical (unpaired) electrons. The lowest BCUT2D eigenvalue weighted by atomic mass is 10.3. The molecule has 2 heterocycles. The highest BCUT2D eigenvalue weighted by Gasteiger charge is 2.15. The van der Waals surface area contributed by atoms with Gasteiger partial charge >= 0.3 is 0 Å². The number of nitrogens with zero attached hydrogens (tertiary/aromatic N) is 4. The summed E-state index contributed by atoms with van der Waals surface area (Å²) in [5.74, 6) is 1.16. The molecule has 166 valence electrons. The second kappa shape index (κ2) is 10.7. The van der Waals surface area contributed by atoms with Crippen molar-refractivity contribution in [2.24, 2.45) is 0 Å². The Hall–Kier alpha value is -2.52. The first-order valence-electron chi connectivity index (χ1n) is 10.1. The molecule has 1 aromatic carbocycles. The van der Waals surface area contributed by atoms with Crippen LogP contribution < -0.4 is 15.4 Å². The second-order valence-corrected chi connectivity index (χ2v) is 9.50. The highest BCUT2D eigenvalue weighted by Crippen LogP contribution is 2.26. The molecule has 2 N–H and O–H groups in total. The molecule has 0 aliphatic heterocycles. The van der Waals surface area contributed by atoms with Gasteiger partial charge in [-0.2, -0.15) is 5.10 Å². The maximum atomic E-state index is 12.1. The average molecular weight is 463 g/mol. The number of amides is 1. The number of hydrogen-bond acceptors (Lipinski definition) is 7. The number of aromatic nitrogens is 4. The molecular weight excluding hydrogens is 436 g/mol. The fraction of sp³-hybridized carbons (Fsp3) is 0.429. The maximum Gasteiger partial charge on any atom is 0.258 e. The van der Waals surface area contributed by atoms with Crippen molar-refractivity contribution in [1.29, 1.82) is 0 Å². The highest BCUT2D eigenvalue weighted by molar-refractivity contribution is 7.99. The monoisotopic (exact) mass is 462 g/mol. The van der Waals surface area contributed by atoms with Crippen LogP contribution in [0.2, 0.25) is 5.02 Å². The van der Waals surface area contributed by atoms with Gasteiger partial charge in [-0.05, 0) is 38.1 Å². The minimum atomic E-state index is -0.209. The molecule has 0 unspecified atom stereocenters. The summed E-state index contributed by atoms with van der Waals surface area (Å²) < 4.78 is 7.25. The zero-order chi connectivity index (χ0) is 22.4. The van der Waals surface area contributed by atoms with Crippen LogP contribution in [0, 0.1) is 0 Å². The topological polar surface area (TPSA) is 94.0 Å². The van der Waals surface area contributed by atoms with Gasteiger partial charge in [0.05, 0.1) is 18.1 Å². The van der Waals surface area contributed by atoms with E-state index in [2.05, 4.69) is 53.4 Å². The Kier molecular flexibility index (Phi) is 7.97. The molecule has 3 aromatic rings. The summed E-state index contributed by atoms with van der Waals surface area (Å²) >= 11 is 7.45. The predicted octanol–water partition coefficient (Wildman–Crippen LogP) is 4.00. The van der Waals surface area contributed by atoms with Crippen molar-refractivity contribution in [2.75, 3.05) is 18.5 Å². The van der Waals surface area contributed by atoms with E-state index in [0.29, 0.717) is 34.3 Å². The van der Waals surface area contributed by atoms with Crippen molar-refractivity contribution in [3.8, 4) is 5.75 Å². The molecule has 0 saturated heterocycles. The number of fused-ring (bicyclic) bond motifs is 1. The minimum absolute atomic E-state index is 0.0682. The number of hydrogen-bond donors (Lipinski definition) is 2. The van der Waals surface area contributed by atoms with E-state index in [1.54, 1.807) is 46.9 Å². The Morgan fingerprint density at radius 1 is 1.19 bits per heavy atom. The summed E-state index contributed by atoms with van der Waals surface area (Å²) in [6, 6.07) is 7.11. The quantitative estimate of drug-likeness (QED) is 0.347. The molecule has 3 rings (SSSR count). The Bertz CT molecular complexity index is 1020. The maximum absolute atomic E-state index is 12.1. The van der Waals surface area contributed by atoms with Gasteiger partial charge in [0.25, 0.3) is 5.91 Å². The van der Waals surface area contributed by atoms with E-state index in [0.717, 1.165) is 16.9 Å². The molecule has 1 amide bonds. The van der Waals surface area contributed by atoms with Crippen molar-refractivity contribution in [2.45, 2.75) is 50.7 Å². The smallest absolute Gasteiger partial charge is 0.258 e. The van der Waals surface area contributed by atoms with Crippen LogP contribution in [-0.4, -0.2) is 50.1 Å². The van der Waals surface area contributed by atoms with Crippen LogP contribution >= 0.6 is 23.4 Å². The van der Waals surface area contributed by atoms with Gasteiger partial charge in [-0.25, -0.2) is 14.6 Å². The number of halogens is 1. The molecular formula is C21H27ClN6O2S. The lowest BCUT2D eigenvalue weighted by Gasteiger charge is -2.12. The van der Waals surface area contributed by atoms with Crippen molar-refractivity contribution < 1.29 is 9.53 Å².